The second kappa shape index (κ2) is 5.92. The molecular weight excluding hydrogens is 291 g/mol. The van der Waals surface area contributed by atoms with Gasteiger partial charge in [0, 0.05) is 0 Å². The van der Waals surface area contributed by atoms with Crippen LogP contribution in [0.5, 0.6) is 5.75 Å². The molecule has 7 heteroatoms. The van der Waals surface area contributed by atoms with Crippen molar-refractivity contribution in [1.29, 1.82) is 0 Å². The van der Waals surface area contributed by atoms with E-state index in [1.54, 1.807) is 24.3 Å². The van der Waals surface area contributed by atoms with Crippen LogP contribution in [-0.4, -0.2) is 30.0 Å². The van der Waals surface area contributed by atoms with E-state index < -0.39 is 13.1 Å². The number of hydrogen-bond donors (Lipinski definition) is 1. The van der Waals surface area contributed by atoms with Crippen molar-refractivity contribution in [2.45, 2.75) is 25.7 Å². The number of ether oxygens (including phenoxy) is 2. The minimum absolute atomic E-state index is 0.127. The van der Waals surface area contributed by atoms with E-state index in [0.717, 1.165) is 0 Å². The Kier molecular flexibility index (Phi) is 4.66. The maximum absolute atomic E-state index is 9.92. The summed E-state index contributed by atoms with van der Waals surface area (Å²) >= 11 is 5.87. The summed E-state index contributed by atoms with van der Waals surface area (Å²) in [6.07, 6.45) is -0.257. The number of hydrogen-bond acceptors (Lipinski definition) is 5. The van der Waals surface area contributed by atoms with Crippen LogP contribution >= 0.6 is 18.5 Å². The van der Waals surface area contributed by atoms with Crippen molar-refractivity contribution in [3.63, 3.8) is 0 Å². The third kappa shape index (κ3) is 4.88. The maximum atomic E-state index is 9.92. The monoisotopic (exact) mass is 308 g/mol. The third-order valence-corrected chi connectivity index (χ3v) is 4.07. The molecule has 108 valence electrons. The fraction of sp³-hybridized carbons (Fsp3) is 0.500. The summed E-state index contributed by atoms with van der Waals surface area (Å²) in [6.45, 7) is 4.16. The summed E-state index contributed by atoms with van der Waals surface area (Å²) in [5.41, 5.74) is 0. The summed E-state index contributed by atoms with van der Waals surface area (Å²) in [6, 6.07) is 8.80. The van der Waals surface area contributed by atoms with Gasteiger partial charge in [-0.2, -0.15) is 0 Å². The standard InChI is InChI=1S/C12H18ClO5P/c1-12(2)15-8-11(17-12)9-16-19(13,14)18-10-6-4-3-5-7-10/h3-7,11,14,19H,8-9H2,1-2H3. The van der Waals surface area contributed by atoms with Crippen molar-refractivity contribution in [3.8, 4) is 5.75 Å². The topological polar surface area (TPSA) is 57.2 Å². The van der Waals surface area contributed by atoms with Crippen LogP contribution in [0.4, 0.5) is 0 Å². The molecule has 19 heavy (non-hydrogen) atoms. The van der Waals surface area contributed by atoms with Crippen LogP contribution in [0.3, 0.4) is 0 Å². The molecule has 0 radical (unpaired) electrons. The van der Waals surface area contributed by atoms with E-state index in [1.165, 1.54) is 0 Å². The molecule has 0 spiro atoms. The number of benzene rings is 1. The predicted octanol–water partition coefficient (Wildman–Crippen LogP) is 2.87. The fourth-order valence-corrected chi connectivity index (χ4v) is 3.04. The fourth-order valence-electron chi connectivity index (χ4n) is 1.70. The quantitative estimate of drug-likeness (QED) is 0.848. The molecule has 0 bridgehead atoms. The number of para-hydroxylation sites is 1. The van der Waals surface area contributed by atoms with Crippen molar-refractivity contribution in [2.75, 3.05) is 13.2 Å². The van der Waals surface area contributed by atoms with Crippen LogP contribution in [0.15, 0.2) is 30.3 Å². The summed E-state index contributed by atoms with van der Waals surface area (Å²) < 4.78 is 21.4. The second-order valence-electron chi connectivity index (χ2n) is 4.68. The molecule has 1 N–H and O–H groups in total. The Morgan fingerprint density at radius 1 is 1.42 bits per heavy atom. The molecule has 0 saturated carbocycles. The van der Waals surface area contributed by atoms with Gasteiger partial charge in [0.2, 0.25) is 0 Å². The normalized spacial score (nSPS) is 23.3. The molecule has 0 aliphatic carbocycles. The van der Waals surface area contributed by atoms with Gasteiger partial charge in [-0.3, -0.25) is 0 Å². The van der Waals surface area contributed by atoms with Crippen LogP contribution < -0.4 is 4.52 Å². The van der Waals surface area contributed by atoms with E-state index in [-0.39, 0.29) is 12.7 Å². The molecule has 0 aromatic heterocycles. The van der Waals surface area contributed by atoms with E-state index in [9.17, 15) is 4.89 Å². The third-order valence-electron chi connectivity index (χ3n) is 2.50. The summed E-state index contributed by atoms with van der Waals surface area (Å²) in [7, 11) is -3.72. The number of halogens is 1. The molecule has 0 amide bonds. The molecule has 1 atom stereocenters. The molecule has 1 saturated heterocycles. The van der Waals surface area contributed by atoms with Gasteiger partial charge in [-0.05, 0) is 0 Å². The van der Waals surface area contributed by atoms with Gasteiger partial charge in [0.15, 0.2) is 0 Å². The van der Waals surface area contributed by atoms with Crippen LogP contribution in [-0.2, 0) is 14.0 Å². The molecular formula is C12H18ClO5P. The van der Waals surface area contributed by atoms with Gasteiger partial charge >= 0.3 is 117 Å². The van der Waals surface area contributed by atoms with E-state index in [2.05, 4.69) is 0 Å². The Morgan fingerprint density at radius 3 is 2.68 bits per heavy atom. The summed E-state index contributed by atoms with van der Waals surface area (Å²) in [5, 5.41) is 0. The van der Waals surface area contributed by atoms with Gasteiger partial charge in [-0.25, -0.2) is 0 Å². The van der Waals surface area contributed by atoms with Gasteiger partial charge in [0.25, 0.3) is 0 Å². The Balaban J connectivity index is 1.81. The summed E-state index contributed by atoms with van der Waals surface area (Å²) in [5.74, 6) is -0.157. The first-order valence-corrected chi connectivity index (χ1v) is 8.75. The molecule has 1 aliphatic heterocycles. The van der Waals surface area contributed by atoms with E-state index in [0.29, 0.717) is 12.4 Å². The zero-order chi connectivity index (χ0) is 13.9. The van der Waals surface area contributed by atoms with Gasteiger partial charge in [-0.1, -0.05) is 0 Å². The van der Waals surface area contributed by atoms with Crippen LogP contribution in [0.2, 0.25) is 0 Å². The molecule has 1 fully saturated rings. The van der Waals surface area contributed by atoms with Crippen molar-refractivity contribution in [2.24, 2.45) is 0 Å². The average molecular weight is 309 g/mol. The van der Waals surface area contributed by atoms with Crippen LogP contribution in [0, 0.1) is 0 Å². The zero-order valence-electron chi connectivity index (χ0n) is 10.8. The molecule has 1 aromatic carbocycles. The Hall–Kier alpha value is -0.420. The van der Waals surface area contributed by atoms with Gasteiger partial charge in [0.05, 0.1) is 0 Å². The van der Waals surface area contributed by atoms with Crippen molar-refractivity contribution >= 4 is 18.5 Å². The molecule has 1 heterocycles. The van der Waals surface area contributed by atoms with Crippen LogP contribution in [0.1, 0.15) is 13.8 Å². The van der Waals surface area contributed by atoms with Gasteiger partial charge in [-0.15, -0.1) is 0 Å². The molecule has 2 rings (SSSR count). The second-order valence-corrected chi connectivity index (χ2v) is 7.62. The van der Waals surface area contributed by atoms with Gasteiger partial charge < -0.3 is 0 Å². The first-order valence-electron chi connectivity index (χ1n) is 5.97. The van der Waals surface area contributed by atoms with E-state index >= 15 is 0 Å². The Labute approximate surface area is 117 Å². The summed E-state index contributed by atoms with van der Waals surface area (Å²) in [4.78, 5) is 9.92. The molecule has 1 aliphatic rings. The van der Waals surface area contributed by atoms with E-state index in [4.69, 9.17) is 29.8 Å². The first-order chi connectivity index (χ1) is 8.86. The van der Waals surface area contributed by atoms with Crippen molar-refractivity contribution in [1.82, 2.24) is 0 Å². The minimum atomic E-state index is -3.72. The Bertz CT molecular complexity index is 412. The predicted molar refractivity (Wildman–Crippen MR) is 74.3 cm³/mol. The van der Waals surface area contributed by atoms with Crippen molar-refractivity contribution < 1.29 is 23.4 Å². The average Bonchev–Trinajstić information content (AvgIpc) is 2.67. The molecule has 1 aromatic rings. The zero-order valence-corrected chi connectivity index (χ0v) is 12.6. The van der Waals surface area contributed by atoms with E-state index in [1.807, 2.05) is 19.9 Å². The number of rotatable bonds is 5. The SMILES string of the molecule is CC1(C)OCC(CO[PH](O)(Cl)Oc2ccccc2)O1. The molecule has 1 unspecified atom stereocenters. The Morgan fingerprint density at radius 2 is 2.11 bits per heavy atom. The molecule has 5 nitrogen and oxygen atoms in total. The first kappa shape index (κ1) is 15.0. The van der Waals surface area contributed by atoms with Crippen LogP contribution in [0.25, 0.3) is 0 Å². The van der Waals surface area contributed by atoms with Crippen molar-refractivity contribution in [3.05, 3.63) is 30.3 Å². The van der Waals surface area contributed by atoms with Gasteiger partial charge in [0.1, 0.15) is 0 Å².